The highest BCUT2D eigenvalue weighted by Gasteiger charge is 2.09. The van der Waals surface area contributed by atoms with Crippen LogP contribution in [-0.4, -0.2) is 10.9 Å². The molecule has 5 nitrogen and oxygen atoms in total. The Balaban J connectivity index is 1.80. The van der Waals surface area contributed by atoms with E-state index >= 15 is 0 Å². The quantitative estimate of drug-likeness (QED) is 0.349. The molecule has 0 saturated carbocycles. The summed E-state index contributed by atoms with van der Waals surface area (Å²) >= 11 is 0. The van der Waals surface area contributed by atoms with Gasteiger partial charge in [-0.15, -0.1) is 0 Å². The van der Waals surface area contributed by atoms with E-state index in [1.54, 1.807) is 12.3 Å². The van der Waals surface area contributed by atoms with Crippen molar-refractivity contribution in [3.8, 4) is 0 Å². The van der Waals surface area contributed by atoms with E-state index in [1.807, 2.05) is 31.2 Å². The summed E-state index contributed by atoms with van der Waals surface area (Å²) < 4.78 is 0. The number of hydrogen-bond acceptors (Lipinski definition) is 4. The van der Waals surface area contributed by atoms with E-state index in [-0.39, 0.29) is 5.91 Å². The lowest BCUT2D eigenvalue weighted by atomic mass is 10.0. The Hall–Kier alpha value is -3.60. The number of nitrogens with two attached hydrogens (primary N) is 1. The number of carbonyl (C=O) groups is 1. The third-order valence-electron chi connectivity index (χ3n) is 5.32. The van der Waals surface area contributed by atoms with E-state index in [9.17, 15) is 4.79 Å². The van der Waals surface area contributed by atoms with Gasteiger partial charge in [-0.1, -0.05) is 24.6 Å². The molecule has 1 aromatic heterocycles. The van der Waals surface area contributed by atoms with Crippen LogP contribution >= 0.6 is 0 Å². The minimum atomic E-state index is -0.241. The molecule has 2 aromatic carbocycles. The Morgan fingerprint density at radius 1 is 1.06 bits per heavy atom. The monoisotopic (exact) mass is 414 g/mol. The van der Waals surface area contributed by atoms with Crippen molar-refractivity contribution in [3.63, 3.8) is 0 Å². The van der Waals surface area contributed by atoms with E-state index in [0.29, 0.717) is 17.2 Å². The molecular formula is C26H30N4O. The van der Waals surface area contributed by atoms with Gasteiger partial charge in [-0.05, 0) is 86.7 Å². The number of rotatable bonds is 6. The smallest absolute Gasteiger partial charge is 0.248 e. The lowest BCUT2D eigenvalue weighted by Gasteiger charge is -2.15. The fourth-order valence-corrected chi connectivity index (χ4v) is 3.76. The van der Waals surface area contributed by atoms with Crippen LogP contribution < -0.4 is 16.4 Å². The highest BCUT2D eigenvalue weighted by molar-refractivity contribution is 6.04. The second-order valence-electron chi connectivity index (χ2n) is 7.88. The van der Waals surface area contributed by atoms with Gasteiger partial charge in [-0.2, -0.15) is 0 Å². The Bertz CT molecular complexity index is 1130. The molecule has 0 aliphatic rings. The fourth-order valence-electron chi connectivity index (χ4n) is 3.76. The molecule has 4 N–H and O–H groups in total. The van der Waals surface area contributed by atoms with Gasteiger partial charge in [0.05, 0.1) is 11.4 Å². The van der Waals surface area contributed by atoms with Crippen molar-refractivity contribution in [2.45, 2.75) is 41.0 Å². The first kappa shape index (κ1) is 22.1. The van der Waals surface area contributed by atoms with Gasteiger partial charge in [0.1, 0.15) is 5.82 Å². The number of benzene rings is 2. The van der Waals surface area contributed by atoms with Crippen molar-refractivity contribution in [1.82, 2.24) is 4.98 Å². The highest BCUT2D eigenvalue weighted by atomic mass is 16.1. The van der Waals surface area contributed by atoms with Gasteiger partial charge in [0.25, 0.3) is 0 Å². The number of nitrogens with one attached hydrogen (secondary N) is 2. The Labute approximate surface area is 184 Å². The van der Waals surface area contributed by atoms with Gasteiger partial charge < -0.3 is 16.4 Å². The topological polar surface area (TPSA) is 80.0 Å². The molecule has 5 heteroatoms. The normalized spacial score (nSPS) is 11.0. The first-order valence-electron chi connectivity index (χ1n) is 10.5. The van der Waals surface area contributed by atoms with Crippen molar-refractivity contribution in [2.75, 3.05) is 16.4 Å². The molecule has 0 atom stereocenters. The molecule has 0 aliphatic carbocycles. The number of hydrogen-bond donors (Lipinski definition) is 3. The molecule has 0 saturated heterocycles. The van der Waals surface area contributed by atoms with Crippen molar-refractivity contribution < 1.29 is 4.79 Å². The molecule has 31 heavy (non-hydrogen) atoms. The summed E-state index contributed by atoms with van der Waals surface area (Å²) in [6, 6.07) is 11.9. The lowest BCUT2D eigenvalue weighted by Crippen LogP contribution is -2.10. The van der Waals surface area contributed by atoms with Crippen LogP contribution in [0.5, 0.6) is 0 Å². The molecule has 0 spiro atoms. The van der Waals surface area contributed by atoms with Gasteiger partial charge in [-0.3, -0.25) is 4.79 Å². The van der Waals surface area contributed by atoms with Crippen LogP contribution in [0.2, 0.25) is 0 Å². The van der Waals surface area contributed by atoms with E-state index in [2.05, 4.69) is 55.4 Å². The van der Waals surface area contributed by atoms with Gasteiger partial charge in [0.2, 0.25) is 5.91 Å². The van der Waals surface area contributed by atoms with E-state index in [0.717, 1.165) is 39.9 Å². The summed E-state index contributed by atoms with van der Waals surface area (Å²) in [5, 5.41) is 6.31. The Kier molecular flexibility index (Phi) is 6.75. The SMILES string of the molecule is CCc1cc(NC(=O)/C=C/c2cccnc2Nc2c(C)cc(C)cc2C)c(N)cc1C. The molecule has 160 valence electrons. The van der Waals surface area contributed by atoms with E-state index in [1.165, 1.54) is 11.6 Å². The maximum Gasteiger partial charge on any atom is 0.248 e. The maximum atomic E-state index is 12.5. The lowest BCUT2D eigenvalue weighted by molar-refractivity contribution is -0.111. The number of amides is 1. The van der Waals surface area contributed by atoms with Crippen LogP contribution in [-0.2, 0) is 11.2 Å². The summed E-state index contributed by atoms with van der Waals surface area (Å²) in [5.41, 5.74) is 14.9. The Morgan fingerprint density at radius 2 is 1.77 bits per heavy atom. The minimum Gasteiger partial charge on any atom is -0.397 e. The number of anilines is 4. The second kappa shape index (κ2) is 9.47. The average Bonchev–Trinajstić information content (AvgIpc) is 2.71. The zero-order valence-electron chi connectivity index (χ0n) is 18.8. The van der Waals surface area contributed by atoms with Gasteiger partial charge >= 0.3 is 0 Å². The van der Waals surface area contributed by atoms with Crippen molar-refractivity contribution in [1.29, 1.82) is 0 Å². The molecule has 3 aromatic rings. The molecule has 0 bridgehead atoms. The molecule has 0 fully saturated rings. The van der Waals surface area contributed by atoms with Gasteiger partial charge in [0, 0.05) is 23.5 Å². The zero-order chi connectivity index (χ0) is 22.5. The first-order valence-corrected chi connectivity index (χ1v) is 10.5. The van der Waals surface area contributed by atoms with Gasteiger partial charge in [0.15, 0.2) is 0 Å². The van der Waals surface area contributed by atoms with Crippen molar-refractivity contribution in [3.05, 3.63) is 82.1 Å². The highest BCUT2D eigenvalue weighted by Crippen LogP contribution is 2.27. The van der Waals surface area contributed by atoms with Gasteiger partial charge in [-0.25, -0.2) is 4.98 Å². The standard InChI is InChI=1S/C26H30N4O/c1-6-20-15-23(22(27)14-17(20)3)29-24(31)10-9-21-8-7-11-28-26(21)30-25-18(4)12-16(2)13-19(25)5/h7-15H,6,27H2,1-5H3,(H,28,30)(H,29,31)/b10-9+. The first-order chi connectivity index (χ1) is 14.8. The zero-order valence-corrected chi connectivity index (χ0v) is 18.8. The molecule has 0 unspecified atom stereocenters. The van der Waals surface area contributed by atoms with Crippen LogP contribution in [0, 0.1) is 27.7 Å². The van der Waals surface area contributed by atoms with E-state index in [4.69, 9.17) is 5.73 Å². The fraction of sp³-hybridized carbons (Fsp3) is 0.231. The molecular weight excluding hydrogens is 384 g/mol. The maximum absolute atomic E-state index is 12.5. The number of pyridine rings is 1. The number of nitrogens with zero attached hydrogens (tertiary/aromatic N) is 1. The van der Waals surface area contributed by atoms with Crippen LogP contribution in [0.1, 0.15) is 40.3 Å². The van der Waals surface area contributed by atoms with Crippen LogP contribution in [0.25, 0.3) is 6.08 Å². The molecule has 1 heterocycles. The van der Waals surface area contributed by atoms with Crippen LogP contribution in [0.15, 0.2) is 48.7 Å². The second-order valence-corrected chi connectivity index (χ2v) is 7.88. The summed E-state index contributed by atoms with van der Waals surface area (Å²) in [4.78, 5) is 17.0. The predicted octanol–water partition coefficient (Wildman–Crippen LogP) is 5.86. The van der Waals surface area contributed by atoms with E-state index < -0.39 is 0 Å². The summed E-state index contributed by atoms with van der Waals surface area (Å²) in [5.74, 6) is 0.458. The number of aromatic nitrogens is 1. The van der Waals surface area contributed by atoms with Crippen LogP contribution in [0.3, 0.4) is 0 Å². The largest absolute Gasteiger partial charge is 0.397 e. The molecule has 3 rings (SSSR count). The third kappa shape index (κ3) is 5.31. The number of aryl methyl sites for hydroxylation is 5. The Morgan fingerprint density at radius 3 is 2.45 bits per heavy atom. The molecule has 0 radical (unpaired) electrons. The summed E-state index contributed by atoms with van der Waals surface area (Å²) in [6.07, 6.45) is 5.88. The van der Waals surface area contributed by atoms with Crippen molar-refractivity contribution in [2.24, 2.45) is 0 Å². The summed E-state index contributed by atoms with van der Waals surface area (Å²) in [6.45, 7) is 10.3. The van der Waals surface area contributed by atoms with Crippen molar-refractivity contribution >= 4 is 34.9 Å². The third-order valence-corrected chi connectivity index (χ3v) is 5.32. The van der Waals surface area contributed by atoms with Crippen LogP contribution in [0.4, 0.5) is 22.9 Å². The average molecular weight is 415 g/mol. The minimum absolute atomic E-state index is 0.241. The molecule has 1 amide bonds. The number of carbonyl (C=O) groups excluding carboxylic acids is 1. The summed E-state index contributed by atoms with van der Waals surface area (Å²) in [7, 11) is 0. The number of nitrogen functional groups attached to an aromatic ring is 1. The molecule has 0 aliphatic heterocycles. The predicted molar refractivity (Wildman–Crippen MR) is 131 cm³/mol.